The first-order valence-corrected chi connectivity index (χ1v) is 9.61. The number of benzene rings is 3. The van der Waals surface area contributed by atoms with E-state index >= 15 is 0 Å². The molecule has 4 nitrogen and oxygen atoms in total. The number of aromatic amines is 1. The van der Waals surface area contributed by atoms with Gasteiger partial charge in [0.1, 0.15) is 5.82 Å². The molecule has 0 spiro atoms. The molecular formula is C23H17ClFN3O. The lowest BCUT2D eigenvalue weighted by Crippen LogP contribution is -2.34. The maximum Gasteiger partial charge on any atom is 0.315 e. The number of H-pyrrole nitrogens is 1. The second-order valence-corrected chi connectivity index (χ2v) is 7.61. The molecule has 5 rings (SSSR count). The lowest BCUT2D eigenvalue weighted by atomic mass is 9.94. The number of carbonyl (C=O) groups is 1. The van der Waals surface area contributed by atoms with E-state index in [0.29, 0.717) is 12.1 Å². The van der Waals surface area contributed by atoms with E-state index in [9.17, 15) is 9.18 Å². The van der Waals surface area contributed by atoms with Crippen LogP contribution < -0.4 is 5.73 Å². The zero-order valence-corrected chi connectivity index (χ0v) is 16.1. The summed E-state index contributed by atoms with van der Waals surface area (Å²) in [7, 11) is 0. The minimum atomic E-state index is -0.505. The molecule has 4 aromatic rings. The van der Waals surface area contributed by atoms with Crippen molar-refractivity contribution in [2.24, 2.45) is 5.73 Å². The predicted octanol–water partition coefficient (Wildman–Crippen LogP) is 5.61. The smallest absolute Gasteiger partial charge is 0.315 e. The summed E-state index contributed by atoms with van der Waals surface area (Å²) in [5, 5.41) is 0.814. The first kappa shape index (κ1) is 17.8. The normalized spacial score (nSPS) is 15.7. The van der Waals surface area contributed by atoms with Crippen molar-refractivity contribution in [1.82, 2.24) is 9.88 Å². The third kappa shape index (κ3) is 2.86. The van der Waals surface area contributed by atoms with Gasteiger partial charge in [0.15, 0.2) is 0 Å². The number of carbonyl (C=O) groups excluding carboxylic acids is 1. The fourth-order valence-electron chi connectivity index (χ4n) is 4.17. The van der Waals surface area contributed by atoms with Crippen LogP contribution in [-0.2, 0) is 6.54 Å². The number of rotatable bonds is 2. The first-order valence-electron chi connectivity index (χ1n) is 9.23. The molecule has 0 saturated carbocycles. The number of halogens is 2. The zero-order valence-electron chi connectivity index (χ0n) is 15.3. The quantitative estimate of drug-likeness (QED) is 0.447. The van der Waals surface area contributed by atoms with E-state index in [1.165, 1.54) is 6.07 Å². The molecule has 3 N–H and O–H groups in total. The summed E-state index contributed by atoms with van der Waals surface area (Å²) in [6.07, 6.45) is 1.79. The van der Waals surface area contributed by atoms with E-state index in [2.05, 4.69) is 23.2 Å². The van der Waals surface area contributed by atoms with Gasteiger partial charge in [0.2, 0.25) is 0 Å². The Morgan fingerprint density at radius 2 is 1.86 bits per heavy atom. The van der Waals surface area contributed by atoms with Crippen molar-refractivity contribution in [1.29, 1.82) is 0 Å². The van der Waals surface area contributed by atoms with Gasteiger partial charge in [0.05, 0.1) is 11.1 Å². The van der Waals surface area contributed by atoms with E-state index in [-0.39, 0.29) is 11.1 Å². The number of nitrogens with one attached hydrogen (secondary N) is 1. The van der Waals surface area contributed by atoms with Crippen molar-refractivity contribution < 1.29 is 9.18 Å². The lowest BCUT2D eigenvalue weighted by Gasteiger charge is -2.23. The van der Waals surface area contributed by atoms with E-state index in [1.807, 2.05) is 30.3 Å². The molecule has 144 valence electrons. The van der Waals surface area contributed by atoms with Crippen molar-refractivity contribution >= 4 is 28.5 Å². The third-order valence-corrected chi connectivity index (χ3v) is 5.82. The number of aromatic nitrogens is 1. The Morgan fingerprint density at radius 3 is 2.62 bits per heavy atom. The number of hydrogen-bond donors (Lipinski definition) is 2. The summed E-state index contributed by atoms with van der Waals surface area (Å²) < 4.78 is 13.8. The van der Waals surface area contributed by atoms with Gasteiger partial charge in [0.25, 0.3) is 0 Å². The predicted molar refractivity (Wildman–Crippen MR) is 112 cm³/mol. The van der Waals surface area contributed by atoms with Gasteiger partial charge < -0.3 is 15.6 Å². The summed E-state index contributed by atoms with van der Waals surface area (Å²) in [6, 6.07) is 18.4. The molecule has 2 amide bonds. The van der Waals surface area contributed by atoms with Crippen LogP contribution >= 0.6 is 11.6 Å². The first-order chi connectivity index (χ1) is 14.0. The van der Waals surface area contributed by atoms with Crippen LogP contribution in [0.2, 0.25) is 5.02 Å². The highest BCUT2D eigenvalue weighted by Gasteiger charge is 2.35. The molecule has 0 fully saturated rings. The van der Waals surface area contributed by atoms with Crippen LogP contribution in [0.3, 0.4) is 0 Å². The molecule has 3 aromatic carbocycles. The zero-order chi connectivity index (χ0) is 20.1. The summed E-state index contributed by atoms with van der Waals surface area (Å²) in [6.45, 7) is 0.414. The van der Waals surface area contributed by atoms with Crippen LogP contribution in [0.15, 0.2) is 66.9 Å². The summed E-state index contributed by atoms with van der Waals surface area (Å²) >= 11 is 6.02. The van der Waals surface area contributed by atoms with Gasteiger partial charge in [-0.15, -0.1) is 0 Å². The minimum absolute atomic E-state index is 0.0432. The Kier molecular flexibility index (Phi) is 4.07. The van der Waals surface area contributed by atoms with Gasteiger partial charge in [-0.05, 0) is 40.5 Å². The molecule has 1 aliphatic rings. The number of fused-ring (bicyclic) bond motifs is 2. The van der Waals surface area contributed by atoms with Gasteiger partial charge in [0, 0.05) is 29.2 Å². The molecule has 0 saturated heterocycles. The number of primary amides is 1. The minimum Gasteiger partial charge on any atom is -0.361 e. The lowest BCUT2D eigenvalue weighted by molar-refractivity contribution is 0.199. The van der Waals surface area contributed by atoms with Crippen molar-refractivity contribution in [2.75, 3.05) is 0 Å². The second kappa shape index (κ2) is 6.64. The summed E-state index contributed by atoms with van der Waals surface area (Å²) in [4.78, 5) is 16.9. The Labute approximate surface area is 171 Å². The van der Waals surface area contributed by atoms with Gasteiger partial charge in [-0.2, -0.15) is 0 Å². The van der Waals surface area contributed by atoms with Gasteiger partial charge in [-0.3, -0.25) is 0 Å². The van der Waals surface area contributed by atoms with Crippen molar-refractivity contribution in [2.45, 2.75) is 12.6 Å². The van der Waals surface area contributed by atoms with Crippen molar-refractivity contribution in [3.63, 3.8) is 0 Å². The molecule has 0 radical (unpaired) electrons. The van der Waals surface area contributed by atoms with E-state index in [1.54, 1.807) is 17.2 Å². The van der Waals surface area contributed by atoms with Gasteiger partial charge in [-0.25, -0.2) is 9.18 Å². The number of hydrogen-bond acceptors (Lipinski definition) is 1. The second-order valence-electron chi connectivity index (χ2n) is 7.20. The van der Waals surface area contributed by atoms with Crippen LogP contribution in [0.5, 0.6) is 0 Å². The van der Waals surface area contributed by atoms with Gasteiger partial charge in [-0.1, -0.05) is 54.1 Å². The molecular weight excluding hydrogens is 389 g/mol. The molecule has 0 aliphatic carbocycles. The highest BCUT2D eigenvalue weighted by atomic mass is 35.5. The highest BCUT2D eigenvalue weighted by Crippen LogP contribution is 2.43. The fourth-order valence-corrected chi connectivity index (χ4v) is 4.33. The number of urea groups is 1. The number of nitrogens with zero attached hydrogens (tertiary/aromatic N) is 1. The maximum absolute atomic E-state index is 13.8. The molecule has 6 heteroatoms. The van der Waals surface area contributed by atoms with E-state index in [4.69, 9.17) is 17.3 Å². The van der Waals surface area contributed by atoms with Crippen LogP contribution in [0, 0.1) is 5.82 Å². The molecule has 1 atom stereocenters. The average molecular weight is 406 g/mol. The third-order valence-electron chi connectivity index (χ3n) is 5.53. The Balaban J connectivity index is 1.66. The van der Waals surface area contributed by atoms with Crippen molar-refractivity contribution in [3.05, 3.63) is 94.4 Å². The summed E-state index contributed by atoms with van der Waals surface area (Å²) in [5.74, 6) is -0.487. The largest absolute Gasteiger partial charge is 0.361 e. The number of nitrogens with two attached hydrogens (primary N) is 1. The molecule has 1 aromatic heterocycles. The van der Waals surface area contributed by atoms with Crippen LogP contribution in [-0.4, -0.2) is 15.9 Å². The van der Waals surface area contributed by atoms with Crippen LogP contribution in [0.4, 0.5) is 9.18 Å². The van der Waals surface area contributed by atoms with Crippen molar-refractivity contribution in [3.8, 4) is 11.1 Å². The fraction of sp³-hybridized carbons (Fsp3) is 0.0870. The average Bonchev–Trinajstić information content (AvgIpc) is 3.29. The van der Waals surface area contributed by atoms with Gasteiger partial charge >= 0.3 is 6.03 Å². The Bertz CT molecular complexity index is 1250. The molecule has 2 heterocycles. The maximum atomic E-state index is 13.8. The standard InChI is InChI=1S/C23H17ClFN3O/c24-19-9-17-18(11-27-21(17)10-20(19)25)22-16-7-6-14(13-4-2-1-3-5-13)8-15(16)12-28(22)23(26)29/h1-11,22,27H,12H2,(H2,26,29). The van der Waals surface area contributed by atoms with E-state index in [0.717, 1.165) is 33.2 Å². The SMILES string of the molecule is NC(=O)N1Cc2cc(-c3ccccc3)ccc2C1c1c[nH]c2cc(F)c(Cl)cc12. The van der Waals surface area contributed by atoms with E-state index < -0.39 is 11.8 Å². The van der Waals surface area contributed by atoms with Crippen LogP contribution in [0.1, 0.15) is 22.7 Å². The molecule has 1 aliphatic heterocycles. The van der Waals surface area contributed by atoms with Crippen LogP contribution in [0.25, 0.3) is 22.0 Å². The Morgan fingerprint density at radius 1 is 1.07 bits per heavy atom. The molecule has 29 heavy (non-hydrogen) atoms. The molecule has 0 bridgehead atoms. The highest BCUT2D eigenvalue weighted by molar-refractivity contribution is 6.31. The topological polar surface area (TPSA) is 62.1 Å². The Hall–Kier alpha value is -3.31. The monoisotopic (exact) mass is 405 g/mol. The summed E-state index contributed by atoms with van der Waals surface area (Å²) in [5.41, 5.74) is 11.4. The number of amides is 2. The molecule has 1 unspecified atom stereocenters.